The Bertz CT molecular complexity index is 2130. The summed E-state index contributed by atoms with van der Waals surface area (Å²) in [5, 5.41) is 3.40. The predicted octanol–water partition coefficient (Wildman–Crippen LogP) is 9.35. The highest BCUT2D eigenvalue weighted by Crippen LogP contribution is 2.41. The second-order valence-electron chi connectivity index (χ2n) is 9.89. The highest BCUT2D eigenvalue weighted by molar-refractivity contribution is 6.10. The fraction of sp³-hybridized carbons (Fsp3) is 0. The van der Waals surface area contributed by atoms with E-state index >= 15 is 0 Å². The number of anilines is 3. The van der Waals surface area contributed by atoms with Crippen molar-refractivity contribution in [2.75, 3.05) is 4.90 Å². The van der Waals surface area contributed by atoms with E-state index in [1.54, 1.807) is 0 Å². The average Bonchev–Trinajstić information content (AvgIpc) is 3.34. The van der Waals surface area contributed by atoms with Gasteiger partial charge in [0.15, 0.2) is 5.65 Å². The second-order valence-corrected chi connectivity index (χ2v) is 9.89. The van der Waals surface area contributed by atoms with Crippen molar-refractivity contribution >= 4 is 60.9 Å². The third-order valence-corrected chi connectivity index (χ3v) is 7.55. The van der Waals surface area contributed by atoms with Gasteiger partial charge in [-0.25, -0.2) is 9.97 Å². The van der Waals surface area contributed by atoms with Gasteiger partial charge in [0, 0.05) is 27.5 Å². The second kappa shape index (κ2) is 9.07. The molecule has 2 heterocycles. The van der Waals surface area contributed by atoms with Crippen LogP contribution in [0.15, 0.2) is 146 Å². The van der Waals surface area contributed by atoms with Crippen LogP contribution in [0, 0.1) is 0 Å². The maximum Gasteiger partial charge on any atom is 0.165 e. The lowest BCUT2D eigenvalue weighted by Gasteiger charge is -2.27. The van der Waals surface area contributed by atoms with E-state index in [0.29, 0.717) is 0 Å². The van der Waals surface area contributed by atoms with Crippen molar-refractivity contribution in [1.29, 1.82) is 0 Å². The first-order chi connectivity index (χ1) is 19.9. The molecule has 0 amide bonds. The molecule has 2 aromatic heterocycles. The molecule has 4 heteroatoms. The van der Waals surface area contributed by atoms with E-state index in [9.17, 15) is 0 Å². The number of fused-ring (bicyclic) bond motifs is 5. The van der Waals surface area contributed by atoms with Crippen LogP contribution in [0.1, 0.15) is 0 Å². The fourth-order valence-electron chi connectivity index (χ4n) is 5.80. The van der Waals surface area contributed by atoms with E-state index in [4.69, 9.17) is 9.97 Å². The van der Waals surface area contributed by atoms with Gasteiger partial charge in [-0.1, -0.05) is 91.0 Å². The predicted molar refractivity (Wildman–Crippen MR) is 166 cm³/mol. The van der Waals surface area contributed by atoms with Crippen LogP contribution in [-0.2, 0) is 0 Å². The molecule has 0 unspecified atom stereocenters. The molecule has 0 saturated heterocycles. The molecule has 0 fully saturated rings. The Hall–Kier alpha value is -5.48. The minimum atomic E-state index is 0.862. The Labute approximate surface area is 231 Å². The summed E-state index contributed by atoms with van der Waals surface area (Å²) in [7, 11) is 0. The van der Waals surface area contributed by atoms with Gasteiger partial charge in [0.1, 0.15) is 5.52 Å². The molecule has 6 aromatic carbocycles. The van der Waals surface area contributed by atoms with E-state index in [0.717, 1.165) is 66.6 Å². The molecule has 0 bridgehead atoms. The van der Waals surface area contributed by atoms with Gasteiger partial charge in [-0.05, 0) is 54.6 Å². The first-order valence-corrected chi connectivity index (χ1v) is 13.5. The average molecular weight is 513 g/mol. The topological polar surface area (TPSA) is 34.0 Å². The fourth-order valence-corrected chi connectivity index (χ4v) is 5.80. The Kier molecular flexibility index (Phi) is 5.10. The van der Waals surface area contributed by atoms with Gasteiger partial charge < -0.3 is 4.90 Å². The van der Waals surface area contributed by atoms with Crippen LogP contribution in [-0.4, -0.2) is 14.5 Å². The number of benzene rings is 6. The van der Waals surface area contributed by atoms with Crippen LogP contribution < -0.4 is 4.90 Å². The van der Waals surface area contributed by atoms with Crippen LogP contribution in [0.25, 0.3) is 49.6 Å². The number of aromatic nitrogens is 3. The molecule has 40 heavy (non-hydrogen) atoms. The zero-order valence-electron chi connectivity index (χ0n) is 21.6. The molecule has 0 radical (unpaired) electrons. The van der Waals surface area contributed by atoms with Gasteiger partial charge in [-0.3, -0.25) is 4.57 Å². The quantitative estimate of drug-likeness (QED) is 0.236. The monoisotopic (exact) mass is 512 g/mol. The lowest BCUT2D eigenvalue weighted by atomic mass is 10.0. The Morgan fingerprint density at radius 1 is 0.450 bits per heavy atom. The summed E-state index contributed by atoms with van der Waals surface area (Å²) >= 11 is 0. The molecule has 0 spiro atoms. The van der Waals surface area contributed by atoms with Crippen molar-refractivity contribution < 1.29 is 0 Å². The first kappa shape index (κ1) is 22.5. The first-order valence-electron chi connectivity index (χ1n) is 13.5. The summed E-state index contributed by atoms with van der Waals surface area (Å²) in [5.74, 6) is 0. The number of hydrogen-bond donors (Lipinski definition) is 0. The van der Waals surface area contributed by atoms with Crippen molar-refractivity contribution in [2.24, 2.45) is 0 Å². The van der Waals surface area contributed by atoms with Gasteiger partial charge in [0.2, 0.25) is 0 Å². The summed E-state index contributed by atoms with van der Waals surface area (Å²) in [6.45, 7) is 0. The van der Waals surface area contributed by atoms with Crippen molar-refractivity contribution in [3.05, 3.63) is 146 Å². The number of hydrogen-bond acceptors (Lipinski definition) is 3. The minimum Gasteiger partial charge on any atom is -0.310 e. The molecule has 0 aliphatic carbocycles. The van der Waals surface area contributed by atoms with Crippen molar-refractivity contribution in [1.82, 2.24) is 14.5 Å². The molecule has 0 N–H and O–H groups in total. The summed E-state index contributed by atoms with van der Waals surface area (Å²) in [6, 6.07) is 50.7. The van der Waals surface area contributed by atoms with Crippen LogP contribution in [0.5, 0.6) is 0 Å². The lowest BCUT2D eigenvalue weighted by Crippen LogP contribution is -2.10. The molecule has 0 aliphatic rings. The largest absolute Gasteiger partial charge is 0.310 e. The van der Waals surface area contributed by atoms with Crippen molar-refractivity contribution in [3.8, 4) is 5.69 Å². The summed E-state index contributed by atoms with van der Waals surface area (Å²) in [5.41, 5.74) is 9.08. The van der Waals surface area contributed by atoms with Crippen molar-refractivity contribution in [3.63, 3.8) is 0 Å². The summed E-state index contributed by atoms with van der Waals surface area (Å²) in [6.07, 6.45) is 0. The lowest BCUT2D eigenvalue weighted by molar-refractivity contribution is 1.15. The van der Waals surface area contributed by atoms with Gasteiger partial charge in [-0.15, -0.1) is 0 Å². The molecule has 0 atom stereocenters. The molecule has 0 saturated carbocycles. The van der Waals surface area contributed by atoms with Gasteiger partial charge >= 0.3 is 0 Å². The smallest absolute Gasteiger partial charge is 0.165 e. The summed E-state index contributed by atoms with van der Waals surface area (Å²) < 4.78 is 2.27. The van der Waals surface area contributed by atoms with E-state index in [1.807, 2.05) is 24.3 Å². The third-order valence-electron chi connectivity index (χ3n) is 7.55. The van der Waals surface area contributed by atoms with E-state index in [1.165, 1.54) is 0 Å². The van der Waals surface area contributed by atoms with Crippen LogP contribution in [0.4, 0.5) is 17.1 Å². The molecular formula is C36H24N4. The Morgan fingerprint density at radius 3 is 1.77 bits per heavy atom. The summed E-state index contributed by atoms with van der Waals surface area (Å²) in [4.78, 5) is 12.5. The normalized spacial score (nSPS) is 11.5. The minimum absolute atomic E-state index is 0.862. The highest BCUT2D eigenvalue weighted by atomic mass is 15.1. The van der Waals surface area contributed by atoms with Gasteiger partial charge in [0.25, 0.3) is 0 Å². The maximum atomic E-state index is 5.14. The molecule has 8 aromatic rings. The zero-order valence-corrected chi connectivity index (χ0v) is 21.6. The van der Waals surface area contributed by atoms with Crippen LogP contribution in [0.3, 0.4) is 0 Å². The van der Waals surface area contributed by atoms with E-state index < -0.39 is 0 Å². The highest BCUT2D eigenvalue weighted by Gasteiger charge is 2.20. The molecule has 0 aliphatic heterocycles. The van der Waals surface area contributed by atoms with Gasteiger partial charge in [0.05, 0.1) is 27.9 Å². The molecule has 8 rings (SSSR count). The molecular weight excluding hydrogens is 488 g/mol. The molecule has 188 valence electrons. The van der Waals surface area contributed by atoms with Gasteiger partial charge in [-0.2, -0.15) is 0 Å². The Morgan fingerprint density at radius 2 is 1.02 bits per heavy atom. The number of para-hydroxylation sites is 5. The zero-order chi connectivity index (χ0) is 26.5. The SMILES string of the molecule is c1ccc(N(c2ccccc2)c2cccc3c(-n4c5ccccc5c5nc6ccccc6nc54)cccc23)cc1. The number of nitrogens with zero attached hydrogens (tertiary/aromatic N) is 4. The van der Waals surface area contributed by atoms with Crippen LogP contribution in [0.2, 0.25) is 0 Å². The number of rotatable bonds is 4. The standard InChI is InChI=1S/C36H24N4/c1-3-13-25(14-4-1)39(26-15-5-2-6-16-26)32-23-11-19-28-27(32)18-12-24-33(28)40-34-22-10-7-17-29(34)35-36(40)38-31-21-9-8-20-30(31)37-35/h1-24H. The van der Waals surface area contributed by atoms with Crippen LogP contribution >= 0.6 is 0 Å². The Balaban J connectivity index is 1.44. The third kappa shape index (κ3) is 3.47. The van der Waals surface area contributed by atoms with E-state index in [-0.39, 0.29) is 0 Å². The van der Waals surface area contributed by atoms with E-state index in [2.05, 4.69) is 131 Å². The maximum absolute atomic E-state index is 5.14. The molecule has 4 nitrogen and oxygen atoms in total. The van der Waals surface area contributed by atoms with Crippen molar-refractivity contribution in [2.45, 2.75) is 0 Å².